The van der Waals surface area contributed by atoms with Crippen molar-refractivity contribution >= 4 is 12.3 Å². The number of ether oxygens (including phenoxy) is 1. The molecule has 5 heteroatoms. The molecule has 1 fully saturated rings. The summed E-state index contributed by atoms with van der Waals surface area (Å²) in [6.07, 6.45) is 8.49. The normalized spacial score (nSPS) is 26.9. The molecule has 0 amide bonds. The molecule has 0 heterocycles. The monoisotopic (exact) mass is 298 g/mol. The number of aliphatic hydroxyl groups excluding tert-OH is 2. The van der Waals surface area contributed by atoms with Gasteiger partial charge in [0.25, 0.3) is 0 Å². The highest BCUT2D eigenvalue weighted by Crippen LogP contribution is 2.40. The Bertz CT molecular complexity index is 353. The lowest BCUT2D eigenvalue weighted by atomic mass is 9.84. The summed E-state index contributed by atoms with van der Waals surface area (Å²) in [5.41, 5.74) is 0. The fourth-order valence-corrected chi connectivity index (χ4v) is 3.10. The first-order valence-electron chi connectivity index (χ1n) is 7.60. The number of aliphatic hydroxyl groups is 2. The largest absolute Gasteiger partial charge is 0.469 e. The van der Waals surface area contributed by atoms with Gasteiger partial charge in [0.2, 0.25) is 0 Å². The first-order valence-corrected chi connectivity index (χ1v) is 7.60. The molecule has 1 saturated carbocycles. The molecule has 0 aromatic carbocycles. The van der Waals surface area contributed by atoms with E-state index >= 15 is 0 Å². The molecule has 120 valence electrons. The van der Waals surface area contributed by atoms with E-state index in [1.165, 1.54) is 7.11 Å². The molecule has 4 unspecified atom stereocenters. The summed E-state index contributed by atoms with van der Waals surface area (Å²) in [7, 11) is 1.38. The van der Waals surface area contributed by atoms with Crippen molar-refractivity contribution in [3.63, 3.8) is 0 Å². The predicted octanol–water partition coefficient (Wildman–Crippen LogP) is 1.47. The van der Waals surface area contributed by atoms with Gasteiger partial charge in [0.05, 0.1) is 19.8 Å². The van der Waals surface area contributed by atoms with Gasteiger partial charge in [0, 0.05) is 12.3 Å². The van der Waals surface area contributed by atoms with Crippen molar-refractivity contribution in [2.75, 3.05) is 13.7 Å². The molecule has 0 radical (unpaired) electrons. The zero-order valence-electron chi connectivity index (χ0n) is 12.6. The maximum atomic E-state index is 11.1. The third kappa shape index (κ3) is 5.59. The molecule has 4 atom stereocenters. The summed E-state index contributed by atoms with van der Waals surface area (Å²) in [6.45, 7) is -0.254. The number of hydrogen-bond acceptors (Lipinski definition) is 5. The van der Waals surface area contributed by atoms with Crippen LogP contribution >= 0.6 is 0 Å². The number of carbonyl (C=O) groups excluding carboxylic acids is 2. The molecular formula is C16H26O5. The molecular weight excluding hydrogens is 272 g/mol. The highest BCUT2D eigenvalue weighted by Gasteiger charge is 2.38. The standard InChI is InChI=1S/C16H26O5/c1-21-16(20)7-5-3-2-4-6-13-12(10-17)8-9-14(13)15(19)11-18/h2,4,10,12-15,18-19H,3,5-9,11H2,1H3. The first kappa shape index (κ1) is 17.9. The number of aldehydes is 1. The quantitative estimate of drug-likeness (QED) is 0.291. The number of methoxy groups -OCH3 is 1. The van der Waals surface area contributed by atoms with Crippen molar-refractivity contribution in [2.24, 2.45) is 17.8 Å². The Balaban J connectivity index is 2.38. The van der Waals surface area contributed by atoms with Crippen LogP contribution in [-0.2, 0) is 14.3 Å². The van der Waals surface area contributed by atoms with Crippen LogP contribution in [0.25, 0.3) is 0 Å². The Labute approximate surface area is 126 Å². The average Bonchev–Trinajstić information content (AvgIpc) is 2.92. The van der Waals surface area contributed by atoms with Crippen LogP contribution in [0.5, 0.6) is 0 Å². The highest BCUT2D eigenvalue weighted by atomic mass is 16.5. The molecule has 0 aromatic rings. The van der Waals surface area contributed by atoms with Gasteiger partial charge in [-0.05, 0) is 43.9 Å². The Morgan fingerprint density at radius 1 is 1.38 bits per heavy atom. The molecule has 2 N–H and O–H groups in total. The molecule has 0 aliphatic heterocycles. The van der Waals surface area contributed by atoms with Crippen molar-refractivity contribution < 1.29 is 24.5 Å². The molecule has 1 rings (SSSR count). The molecule has 1 aliphatic carbocycles. The smallest absolute Gasteiger partial charge is 0.305 e. The van der Waals surface area contributed by atoms with Crippen LogP contribution in [0.1, 0.15) is 38.5 Å². The van der Waals surface area contributed by atoms with Crippen LogP contribution < -0.4 is 0 Å². The fourth-order valence-electron chi connectivity index (χ4n) is 3.10. The van der Waals surface area contributed by atoms with Crippen LogP contribution in [0.15, 0.2) is 12.2 Å². The number of hydrogen-bond donors (Lipinski definition) is 2. The Hall–Kier alpha value is -1.20. The predicted molar refractivity (Wildman–Crippen MR) is 78.5 cm³/mol. The molecule has 1 aliphatic rings. The zero-order valence-corrected chi connectivity index (χ0v) is 12.6. The Morgan fingerprint density at radius 3 is 2.76 bits per heavy atom. The maximum absolute atomic E-state index is 11.1. The minimum absolute atomic E-state index is 0.00933. The van der Waals surface area contributed by atoms with Crippen LogP contribution in [0.3, 0.4) is 0 Å². The van der Waals surface area contributed by atoms with Gasteiger partial charge < -0.3 is 19.7 Å². The van der Waals surface area contributed by atoms with Crippen molar-refractivity contribution in [2.45, 2.75) is 44.6 Å². The summed E-state index contributed by atoms with van der Waals surface area (Å²) in [5.74, 6) is -0.145. The minimum Gasteiger partial charge on any atom is -0.469 e. The molecule has 0 spiro atoms. The molecule has 0 bridgehead atoms. The second kappa shape index (κ2) is 9.68. The van der Waals surface area contributed by atoms with E-state index < -0.39 is 6.10 Å². The molecule has 21 heavy (non-hydrogen) atoms. The minimum atomic E-state index is -0.743. The van der Waals surface area contributed by atoms with Crippen LogP contribution in [0, 0.1) is 17.8 Å². The summed E-state index contributed by atoms with van der Waals surface area (Å²) in [6, 6.07) is 0. The molecule has 0 saturated heterocycles. The Kier molecular flexibility index (Phi) is 8.23. The lowest BCUT2D eigenvalue weighted by Crippen LogP contribution is -2.29. The number of unbranched alkanes of at least 4 members (excludes halogenated alkanes) is 1. The van der Waals surface area contributed by atoms with Gasteiger partial charge in [-0.1, -0.05) is 12.2 Å². The van der Waals surface area contributed by atoms with E-state index in [1.54, 1.807) is 0 Å². The third-order valence-corrected chi connectivity index (χ3v) is 4.34. The number of carbonyl (C=O) groups is 2. The molecule has 5 nitrogen and oxygen atoms in total. The van der Waals surface area contributed by atoms with Crippen molar-refractivity contribution in [3.8, 4) is 0 Å². The number of esters is 1. The summed E-state index contributed by atoms with van der Waals surface area (Å²) < 4.78 is 4.57. The lowest BCUT2D eigenvalue weighted by Gasteiger charge is -2.24. The second-order valence-electron chi connectivity index (χ2n) is 5.63. The van der Waals surface area contributed by atoms with Crippen molar-refractivity contribution in [1.29, 1.82) is 0 Å². The SMILES string of the molecule is COC(=O)CCCC=CCC1C(C=O)CCC1C(O)CO. The van der Waals surface area contributed by atoms with Gasteiger partial charge in [-0.15, -0.1) is 0 Å². The van der Waals surface area contributed by atoms with Gasteiger partial charge in [-0.3, -0.25) is 4.79 Å². The fraction of sp³-hybridized carbons (Fsp3) is 0.750. The van der Waals surface area contributed by atoms with Gasteiger partial charge >= 0.3 is 5.97 Å². The first-order chi connectivity index (χ1) is 10.1. The van der Waals surface area contributed by atoms with E-state index in [-0.39, 0.29) is 30.3 Å². The Morgan fingerprint density at radius 2 is 2.14 bits per heavy atom. The van der Waals surface area contributed by atoms with E-state index in [0.717, 1.165) is 38.4 Å². The van der Waals surface area contributed by atoms with Crippen LogP contribution in [0.2, 0.25) is 0 Å². The topological polar surface area (TPSA) is 83.8 Å². The zero-order chi connectivity index (χ0) is 15.7. The van der Waals surface area contributed by atoms with E-state index in [2.05, 4.69) is 4.74 Å². The summed E-state index contributed by atoms with van der Waals surface area (Å²) >= 11 is 0. The van der Waals surface area contributed by atoms with E-state index in [9.17, 15) is 14.7 Å². The van der Waals surface area contributed by atoms with Gasteiger partial charge in [0.1, 0.15) is 6.29 Å². The van der Waals surface area contributed by atoms with Gasteiger partial charge in [0.15, 0.2) is 0 Å². The van der Waals surface area contributed by atoms with Crippen molar-refractivity contribution in [3.05, 3.63) is 12.2 Å². The second-order valence-corrected chi connectivity index (χ2v) is 5.63. The number of rotatable bonds is 9. The van der Waals surface area contributed by atoms with Crippen LogP contribution in [0.4, 0.5) is 0 Å². The van der Waals surface area contributed by atoms with Crippen LogP contribution in [-0.4, -0.2) is 42.3 Å². The van der Waals surface area contributed by atoms with Crippen molar-refractivity contribution in [1.82, 2.24) is 0 Å². The maximum Gasteiger partial charge on any atom is 0.305 e. The lowest BCUT2D eigenvalue weighted by molar-refractivity contribution is -0.140. The molecule has 0 aromatic heterocycles. The third-order valence-electron chi connectivity index (χ3n) is 4.34. The number of allylic oxidation sites excluding steroid dienone is 2. The average molecular weight is 298 g/mol. The van der Waals surface area contributed by atoms with Gasteiger partial charge in [-0.25, -0.2) is 0 Å². The summed E-state index contributed by atoms with van der Waals surface area (Å²) in [4.78, 5) is 22.0. The van der Waals surface area contributed by atoms with Gasteiger partial charge in [-0.2, -0.15) is 0 Å². The van der Waals surface area contributed by atoms with E-state index in [1.807, 2.05) is 12.2 Å². The van der Waals surface area contributed by atoms with E-state index in [4.69, 9.17) is 5.11 Å². The highest BCUT2D eigenvalue weighted by molar-refractivity contribution is 5.69. The summed E-state index contributed by atoms with van der Waals surface area (Å²) in [5, 5.41) is 18.9. The van der Waals surface area contributed by atoms with E-state index in [0.29, 0.717) is 6.42 Å².